The predicted octanol–water partition coefficient (Wildman–Crippen LogP) is 10.5. The lowest BCUT2D eigenvalue weighted by Crippen LogP contribution is -2.70. The molecule has 0 bridgehead atoms. The Hall–Kier alpha value is -1.89. The molecule has 0 spiro atoms. The van der Waals surface area contributed by atoms with Crippen molar-refractivity contribution in [2.45, 2.75) is 197 Å². The lowest BCUT2D eigenvalue weighted by Gasteiger charge is -2.76. The number of hydrogen-bond acceptors (Lipinski definition) is 4. The Morgan fingerprint density at radius 1 is 0.782 bits per heavy atom. The van der Waals surface area contributed by atoms with Gasteiger partial charge < -0.3 is 20.8 Å². The van der Waals surface area contributed by atoms with Gasteiger partial charge in [-0.3, -0.25) is 14.4 Å². The highest BCUT2D eigenvalue weighted by atomic mass is 16.4. The summed E-state index contributed by atoms with van der Waals surface area (Å²) < 4.78 is 0. The second-order valence-electron chi connectivity index (χ2n) is 22.0. The number of carbonyl (C=O) groups excluding carboxylic acids is 2. The van der Waals surface area contributed by atoms with Crippen LogP contribution in [0.1, 0.15) is 185 Å². The van der Waals surface area contributed by atoms with E-state index in [1.807, 2.05) is 6.92 Å². The number of aliphatic carboxylic acids is 1. The third-order valence-corrected chi connectivity index (χ3v) is 18.4. The third kappa shape index (κ3) is 7.73. The highest BCUT2D eigenvalue weighted by Crippen LogP contribution is 2.81. The molecule has 0 aromatic rings. The minimum Gasteiger partial charge on any atom is -0.481 e. The number of amides is 2. The van der Waals surface area contributed by atoms with Gasteiger partial charge in [0.25, 0.3) is 0 Å². The van der Waals surface area contributed by atoms with Crippen LogP contribution in [-0.2, 0) is 14.4 Å². The topological polar surface area (TPSA) is 116 Å². The van der Waals surface area contributed by atoms with E-state index in [9.17, 15) is 24.6 Å². The number of aliphatic hydroxyl groups is 1. The average Bonchev–Trinajstić information content (AvgIpc) is 3.51. The number of fused-ring (bicyclic) bond motifs is 7. The average molecular weight is 767 g/mol. The van der Waals surface area contributed by atoms with Gasteiger partial charge in [0.15, 0.2) is 0 Å². The van der Waals surface area contributed by atoms with Crippen LogP contribution in [-0.4, -0.2) is 46.7 Å². The van der Waals surface area contributed by atoms with Crippen molar-refractivity contribution in [1.29, 1.82) is 0 Å². The molecule has 12 atom stereocenters. The zero-order chi connectivity index (χ0) is 40.8. The van der Waals surface area contributed by atoms with Crippen molar-refractivity contribution >= 4 is 17.8 Å². The highest BCUT2D eigenvalue weighted by Gasteiger charge is 2.75. The van der Waals surface area contributed by atoms with Crippen molar-refractivity contribution in [2.75, 3.05) is 6.54 Å². The maximum absolute atomic E-state index is 14.6. The van der Waals surface area contributed by atoms with Crippen molar-refractivity contribution in [3.05, 3.63) is 12.2 Å². The second kappa shape index (κ2) is 16.4. The van der Waals surface area contributed by atoms with Gasteiger partial charge in [0.05, 0.1) is 11.5 Å². The summed E-state index contributed by atoms with van der Waals surface area (Å²) in [6.45, 7) is 28.8. The highest BCUT2D eigenvalue weighted by molar-refractivity contribution is 5.84. The molecular formula is C48H82N2O5. The molecule has 0 saturated heterocycles. The monoisotopic (exact) mass is 767 g/mol. The van der Waals surface area contributed by atoms with Crippen LogP contribution in [0.3, 0.4) is 0 Å². The summed E-state index contributed by atoms with van der Waals surface area (Å²) in [5, 5.41) is 27.0. The SMILES string of the molecule is C=C(C)C1CC[C@]2(C(=O)NCCCCCCCC(=O)N[C@@H](CC(C)C)[C@@H](C)CC(=O)O)CC[C@@]3(C)[C@]4(C)CC[C@H]5C(C)(C)[C@@H](O)CC[C@]5(C)[C@H]4CC[C@]3(C)[C@@H]12. The molecule has 4 N–H and O–H groups in total. The van der Waals surface area contributed by atoms with Crippen molar-refractivity contribution < 1.29 is 24.6 Å². The third-order valence-electron chi connectivity index (χ3n) is 18.4. The van der Waals surface area contributed by atoms with Crippen molar-refractivity contribution in [2.24, 2.45) is 68.0 Å². The summed E-state index contributed by atoms with van der Waals surface area (Å²) >= 11 is 0. The molecule has 5 fully saturated rings. The van der Waals surface area contributed by atoms with Gasteiger partial charge in [0, 0.05) is 25.4 Å². The Morgan fingerprint density at radius 3 is 2.07 bits per heavy atom. The van der Waals surface area contributed by atoms with E-state index in [1.165, 1.54) is 31.3 Å². The Bertz CT molecular complexity index is 1420. The van der Waals surface area contributed by atoms with Crippen LogP contribution in [0.5, 0.6) is 0 Å². The van der Waals surface area contributed by atoms with Gasteiger partial charge in [-0.15, -0.1) is 0 Å². The van der Waals surface area contributed by atoms with Gasteiger partial charge in [-0.25, -0.2) is 0 Å². The van der Waals surface area contributed by atoms with Gasteiger partial charge in [-0.05, 0) is 153 Å². The zero-order valence-electron chi connectivity index (χ0n) is 36.9. The molecule has 314 valence electrons. The van der Waals surface area contributed by atoms with Gasteiger partial charge in [0.1, 0.15) is 0 Å². The van der Waals surface area contributed by atoms with Gasteiger partial charge in [-0.2, -0.15) is 0 Å². The van der Waals surface area contributed by atoms with E-state index in [-0.39, 0.29) is 62.9 Å². The summed E-state index contributed by atoms with van der Waals surface area (Å²) in [4.78, 5) is 38.6. The molecule has 5 aliphatic rings. The van der Waals surface area contributed by atoms with Gasteiger partial charge >= 0.3 is 5.97 Å². The van der Waals surface area contributed by atoms with Gasteiger partial charge in [-0.1, -0.05) is 93.7 Å². The first-order chi connectivity index (χ1) is 25.6. The fourth-order valence-electron chi connectivity index (χ4n) is 15.1. The van der Waals surface area contributed by atoms with Crippen LogP contribution in [0.2, 0.25) is 0 Å². The molecule has 55 heavy (non-hydrogen) atoms. The first-order valence-corrected chi connectivity index (χ1v) is 22.7. The Balaban J connectivity index is 1.18. The maximum atomic E-state index is 14.6. The van der Waals surface area contributed by atoms with E-state index in [1.54, 1.807) is 0 Å². The van der Waals surface area contributed by atoms with E-state index >= 15 is 0 Å². The molecule has 7 heteroatoms. The van der Waals surface area contributed by atoms with E-state index in [0.29, 0.717) is 48.5 Å². The minimum absolute atomic E-state index is 0.0213. The van der Waals surface area contributed by atoms with Crippen LogP contribution in [0.15, 0.2) is 12.2 Å². The Kier molecular flexibility index (Phi) is 13.2. The second-order valence-corrected chi connectivity index (χ2v) is 22.0. The Morgan fingerprint density at radius 2 is 1.42 bits per heavy atom. The molecule has 2 amide bonds. The van der Waals surface area contributed by atoms with Crippen LogP contribution in [0, 0.1) is 68.0 Å². The summed E-state index contributed by atoms with van der Waals surface area (Å²) in [7, 11) is 0. The summed E-state index contributed by atoms with van der Waals surface area (Å²) in [6, 6.07) is -0.112. The summed E-state index contributed by atoms with van der Waals surface area (Å²) in [5.41, 5.74) is 1.49. The quantitative estimate of drug-likeness (QED) is 0.0922. The molecule has 5 saturated carbocycles. The van der Waals surface area contributed by atoms with Crippen LogP contribution >= 0.6 is 0 Å². The smallest absolute Gasteiger partial charge is 0.303 e. The fraction of sp³-hybridized carbons (Fsp3) is 0.896. The number of carbonyl (C=O) groups is 3. The van der Waals surface area contributed by atoms with Crippen molar-refractivity contribution in [1.82, 2.24) is 10.6 Å². The number of allylic oxidation sites excluding steroid dienone is 1. The normalized spacial score (nSPS) is 40.2. The molecule has 0 aromatic heterocycles. The van der Waals surface area contributed by atoms with Crippen LogP contribution in [0.25, 0.3) is 0 Å². The number of carboxylic acid groups (broad SMARTS) is 1. The zero-order valence-corrected chi connectivity index (χ0v) is 36.9. The first-order valence-electron chi connectivity index (χ1n) is 22.7. The fourth-order valence-corrected chi connectivity index (χ4v) is 15.1. The Labute approximate surface area is 335 Å². The molecule has 0 heterocycles. The van der Waals surface area contributed by atoms with E-state index < -0.39 is 5.97 Å². The van der Waals surface area contributed by atoms with E-state index in [0.717, 1.165) is 77.0 Å². The molecule has 7 nitrogen and oxygen atoms in total. The van der Waals surface area contributed by atoms with Crippen LogP contribution in [0.4, 0.5) is 0 Å². The van der Waals surface area contributed by atoms with Crippen LogP contribution < -0.4 is 10.6 Å². The van der Waals surface area contributed by atoms with E-state index in [2.05, 4.69) is 79.5 Å². The molecular weight excluding hydrogens is 685 g/mol. The molecule has 0 aliphatic heterocycles. The molecule has 5 aliphatic carbocycles. The first kappa shape index (κ1) is 44.2. The molecule has 1 unspecified atom stereocenters. The maximum Gasteiger partial charge on any atom is 0.303 e. The molecule has 0 aromatic carbocycles. The van der Waals surface area contributed by atoms with E-state index in [4.69, 9.17) is 0 Å². The lowest BCUT2D eigenvalue weighted by atomic mass is 9.29. The standard InChI is InChI=1S/C48H82N2O5/c1-31(2)29-35(33(5)30-40(53)54)50-39(52)17-15-13-12-14-16-28-49-42(55)48-25-18-34(32(3)4)41(48)46(10)24-20-37-44(8)22-21-38(51)43(6,7)36(44)19-23-45(37,9)47(46,11)26-27-48/h31,33-38,41,51H,3,12-30H2,1-2,4-11H3,(H,49,55)(H,50,52)(H,53,54)/t33-,34?,35-,36-,37+,38-,41+,44-,45+,46+,47-,48-/m0/s1. The number of nitrogens with one attached hydrogen (secondary N) is 2. The number of aliphatic hydroxyl groups excluding tert-OH is 1. The lowest BCUT2D eigenvalue weighted by molar-refractivity contribution is -0.275. The number of carboxylic acids is 1. The molecule has 0 radical (unpaired) electrons. The number of unbranched alkanes of at least 4 members (excludes halogenated alkanes) is 4. The van der Waals surface area contributed by atoms with Crippen molar-refractivity contribution in [3.63, 3.8) is 0 Å². The predicted molar refractivity (Wildman–Crippen MR) is 223 cm³/mol. The summed E-state index contributed by atoms with van der Waals surface area (Å²) in [6.07, 6.45) is 16.9. The number of hydrogen-bond donors (Lipinski definition) is 4. The summed E-state index contributed by atoms with van der Waals surface area (Å²) in [5.74, 6) is 1.65. The largest absolute Gasteiger partial charge is 0.481 e. The van der Waals surface area contributed by atoms with Gasteiger partial charge in [0.2, 0.25) is 11.8 Å². The van der Waals surface area contributed by atoms with Crippen molar-refractivity contribution in [3.8, 4) is 0 Å². The minimum atomic E-state index is -0.823. The molecule has 5 rings (SSSR count). The number of rotatable bonds is 16.